The van der Waals surface area contributed by atoms with E-state index in [0.717, 1.165) is 19.3 Å². The highest BCUT2D eigenvalue weighted by molar-refractivity contribution is 7.88. The van der Waals surface area contributed by atoms with Crippen LogP contribution in [-0.4, -0.2) is 25.8 Å². The highest BCUT2D eigenvalue weighted by Crippen LogP contribution is 2.13. The number of sulfonamides is 1. The van der Waals surface area contributed by atoms with Crippen LogP contribution in [0, 0.1) is 17.1 Å². The predicted molar refractivity (Wildman–Crippen MR) is 75.7 cm³/mol. The Balaban J connectivity index is 2.79. The minimum atomic E-state index is -3.59. The Labute approximate surface area is 119 Å². The van der Waals surface area contributed by atoms with Gasteiger partial charge in [-0.05, 0) is 24.1 Å². The van der Waals surface area contributed by atoms with Gasteiger partial charge in [0.1, 0.15) is 12.4 Å². The fourth-order valence-corrected chi connectivity index (χ4v) is 3.31. The van der Waals surface area contributed by atoms with Crippen LogP contribution in [0.4, 0.5) is 4.39 Å². The summed E-state index contributed by atoms with van der Waals surface area (Å²) in [6.07, 6.45) is 2.61. The third-order valence-electron chi connectivity index (χ3n) is 2.89. The van der Waals surface area contributed by atoms with Crippen LogP contribution in [0.25, 0.3) is 0 Å². The highest BCUT2D eigenvalue weighted by atomic mass is 32.2. The summed E-state index contributed by atoms with van der Waals surface area (Å²) in [6, 6.07) is 7.39. The van der Waals surface area contributed by atoms with Crippen molar-refractivity contribution in [2.75, 3.05) is 13.1 Å². The molecule has 1 aromatic rings. The van der Waals surface area contributed by atoms with Crippen LogP contribution in [-0.2, 0) is 15.8 Å². The predicted octanol–water partition coefficient (Wildman–Crippen LogP) is 2.67. The molecule has 4 nitrogen and oxygen atoms in total. The normalized spacial score (nSPS) is 11.5. The molecule has 0 aliphatic heterocycles. The van der Waals surface area contributed by atoms with Crippen LogP contribution in [0.15, 0.2) is 24.3 Å². The molecule has 0 radical (unpaired) electrons. The Morgan fingerprint density at radius 2 is 2.10 bits per heavy atom. The summed E-state index contributed by atoms with van der Waals surface area (Å²) >= 11 is 0. The molecule has 0 unspecified atom stereocenters. The molecular formula is C14H19FN2O2S. The van der Waals surface area contributed by atoms with E-state index in [9.17, 15) is 12.8 Å². The second kappa shape index (κ2) is 7.98. The van der Waals surface area contributed by atoms with Crippen molar-refractivity contribution in [3.05, 3.63) is 35.6 Å². The van der Waals surface area contributed by atoms with Gasteiger partial charge in [-0.15, -0.1) is 0 Å². The van der Waals surface area contributed by atoms with Crippen molar-refractivity contribution in [3.8, 4) is 6.07 Å². The molecule has 0 aliphatic carbocycles. The van der Waals surface area contributed by atoms with Crippen molar-refractivity contribution in [1.82, 2.24) is 4.31 Å². The molecule has 0 amide bonds. The molecule has 0 heterocycles. The van der Waals surface area contributed by atoms with Crippen LogP contribution < -0.4 is 0 Å². The monoisotopic (exact) mass is 298 g/mol. The number of benzene rings is 1. The van der Waals surface area contributed by atoms with Crippen molar-refractivity contribution in [1.29, 1.82) is 5.26 Å². The van der Waals surface area contributed by atoms with Crippen LogP contribution in [0.2, 0.25) is 0 Å². The van der Waals surface area contributed by atoms with Gasteiger partial charge in [0.15, 0.2) is 0 Å². The maximum Gasteiger partial charge on any atom is 0.219 e. The Kier molecular flexibility index (Phi) is 6.62. The molecule has 20 heavy (non-hydrogen) atoms. The fourth-order valence-electron chi connectivity index (χ4n) is 1.86. The lowest BCUT2D eigenvalue weighted by molar-refractivity contribution is 0.430. The summed E-state index contributed by atoms with van der Waals surface area (Å²) in [6.45, 7) is 2.19. The molecule has 0 saturated heterocycles. The van der Waals surface area contributed by atoms with Gasteiger partial charge in [-0.25, -0.2) is 12.8 Å². The summed E-state index contributed by atoms with van der Waals surface area (Å²) in [5.74, 6) is -0.742. The van der Waals surface area contributed by atoms with Crippen LogP contribution in [0.3, 0.4) is 0 Å². The molecular weight excluding hydrogens is 279 g/mol. The van der Waals surface area contributed by atoms with Crippen LogP contribution >= 0.6 is 0 Å². The van der Waals surface area contributed by atoms with Gasteiger partial charge in [0, 0.05) is 6.54 Å². The summed E-state index contributed by atoms with van der Waals surface area (Å²) in [5, 5.41) is 8.75. The number of nitrogens with zero attached hydrogens (tertiary/aromatic N) is 2. The fraction of sp³-hybridized carbons (Fsp3) is 0.500. The quantitative estimate of drug-likeness (QED) is 0.547. The van der Waals surface area contributed by atoms with E-state index in [1.165, 1.54) is 22.5 Å². The molecule has 1 aromatic carbocycles. The molecule has 0 N–H and O–H groups in total. The van der Waals surface area contributed by atoms with E-state index in [1.807, 2.05) is 13.0 Å². The minimum Gasteiger partial charge on any atom is -0.212 e. The number of unbranched alkanes of at least 4 members (excludes halogenated alkanes) is 2. The lowest BCUT2D eigenvalue weighted by atomic mass is 10.2. The van der Waals surface area contributed by atoms with Gasteiger partial charge in [-0.2, -0.15) is 9.57 Å². The molecule has 110 valence electrons. The Morgan fingerprint density at radius 1 is 1.35 bits per heavy atom. The standard InChI is InChI=1S/C14H19FN2O2S/c1-2-3-4-9-17(10-8-16)20(18,19)12-13-6-5-7-14(15)11-13/h5-7,11H,2-4,9-10,12H2,1H3. The van der Waals surface area contributed by atoms with E-state index >= 15 is 0 Å². The summed E-state index contributed by atoms with van der Waals surface area (Å²) in [5.41, 5.74) is 0.392. The molecule has 0 fully saturated rings. The molecule has 0 aromatic heterocycles. The lowest BCUT2D eigenvalue weighted by Gasteiger charge is -2.19. The van der Waals surface area contributed by atoms with Crippen LogP contribution in [0.1, 0.15) is 31.7 Å². The molecule has 6 heteroatoms. The second-order valence-electron chi connectivity index (χ2n) is 4.58. The van der Waals surface area contributed by atoms with Gasteiger partial charge in [0.05, 0.1) is 11.8 Å². The average molecular weight is 298 g/mol. The molecule has 0 aliphatic rings. The summed E-state index contributed by atoms with van der Waals surface area (Å²) < 4.78 is 38.7. The third kappa shape index (κ3) is 5.27. The first-order valence-electron chi connectivity index (χ1n) is 6.59. The molecule has 0 saturated carbocycles. The highest BCUT2D eigenvalue weighted by Gasteiger charge is 2.22. The zero-order valence-electron chi connectivity index (χ0n) is 11.5. The zero-order chi connectivity index (χ0) is 15.0. The van der Waals surface area contributed by atoms with Gasteiger partial charge in [-0.1, -0.05) is 31.9 Å². The van der Waals surface area contributed by atoms with Crippen molar-refractivity contribution in [2.45, 2.75) is 31.9 Å². The van der Waals surface area contributed by atoms with E-state index in [2.05, 4.69) is 0 Å². The number of hydrogen-bond acceptors (Lipinski definition) is 3. The Morgan fingerprint density at radius 3 is 2.70 bits per heavy atom. The van der Waals surface area contributed by atoms with E-state index in [0.29, 0.717) is 12.1 Å². The van der Waals surface area contributed by atoms with Gasteiger partial charge in [0.25, 0.3) is 0 Å². The topological polar surface area (TPSA) is 61.2 Å². The van der Waals surface area contributed by atoms with Crippen molar-refractivity contribution < 1.29 is 12.8 Å². The first-order chi connectivity index (χ1) is 9.49. The van der Waals surface area contributed by atoms with Gasteiger partial charge in [-0.3, -0.25) is 0 Å². The third-order valence-corrected chi connectivity index (χ3v) is 4.69. The number of nitriles is 1. The Bertz CT molecular complexity index is 567. The van der Waals surface area contributed by atoms with Crippen molar-refractivity contribution >= 4 is 10.0 Å². The Hall–Kier alpha value is -1.45. The van der Waals surface area contributed by atoms with Gasteiger partial charge in [0.2, 0.25) is 10.0 Å². The summed E-state index contributed by atoms with van der Waals surface area (Å²) in [7, 11) is -3.59. The summed E-state index contributed by atoms with van der Waals surface area (Å²) in [4.78, 5) is 0. The zero-order valence-corrected chi connectivity index (χ0v) is 12.4. The van der Waals surface area contributed by atoms with Gasteiger partial charge < -0.3 is 0 Å². The lowest BCUT2D eigenvalue weighted by Crippen LogP contribution is -2.33. The minimum absolute atomic E-state index is 0.165. The van der Waals surface area contributed by atoms with Gasteiger partial charge >= 0.3 is 0 Å². The molecule has 0 bridgehead atoms. The maximum atomic E-state index is 13.1. The number of hydrogen-bond donors (Lipinski definition) is 0. The van der Waals surface area contributed by atoms with Crippen molar-refractivity contribution in [2.24, 2.45) is 0 Å². The number of halogens is 1. The number of rotatable bonds is 8. The maximum absolute atomic E-state index is 13.1. The van der Waals surface area contributed by atoms with E-state index < -0.39 is 15.8 Å². The van der Waals surface area contributed by atoms with Crippen molar-refractivity contribution in [3.63, 3.8) is 0 Å². The van der Waals surface area contributed by atoms with E-state index in [1.54, 1.807) is 6.07 Å². The first kappa shape index (κ1) is 16.6. The van der Waals surface area contributed by atoms with Crippen LogP contribution in [0.5, 0.6) is 0 Å². The van der Waals surface area contributed by atoms with E-state index in [-0.39, 0.29) is 12.3 Å². The first-order valence-corrected chi connectivity index (χ1v) is 8.19. The largest absolute Gasteiger partial charge is 0.219 e. The van der Waals surface area contributed by atoms with E-state index in [4.69, 9.17) is 5.26 Å². The molecule has 0 atom stereocenters. The SMILES string of the molecule is CCCCCN(CC#N)S(=O)(=O)Cc1cccc(F)c1. The smallest absolute Gasteiger partial charge is 0.212 e. The average Bonchev–Trinajstić information content (AvgIpc) is 2.37. The molecule has 0 spiro atoms. The second-order valence-corrected chi connectivity index (χ2v) is 6.55. The molecule has 1 rings (SSSR count).